The number of hydrogen-bond donors (Lipinski definition) is 4. The third kappa shape index (κ3) is 3.05. The van der Waals surface area contributed by atoms with Crippen molar-refractivity contribution in [1.82, 2.24) is 0 Å². The largest absolute Gasteiger partial charge is 0.481 e. The quantitative estimate of drug-likeness (QED) is 0.585. The standard InChI is InChI=1S/2C9H12O4/c2*10-8(11)6-4-1-2-5(3-4)7(6)9(12)13/h2*4-7H,1-3H2,(H,10,11)(H,12,13)/t2*4-,5+,6-,7+. The SMILES string of the molecule is O=C(O)[C@@H]1[C@@H]2CC[C@@H](C2)[C@@H]1C(=O)O.O=C(O)[C@@H]1[C@@H]2CC[C@@H](C2)[C@@H]1C(=O)O. The Morgan fingerprint density at radius 1 is 0.462 bits per heavy atom. The highest BCUT2D eigenvalue weighted by molar-refractivity contribution is 5.82. The molecule has 0 saturated heterocycles. The van der Waals surface area contributed by atoms with Crippen LogP contribution in [0.15, 0.2) is 0 Å². The summed E-state index contributed by atoms with van der Waals surface area (Å²) in [4.78, 5) is 43.4. The van der Waals surface area contributed by atoms with E-state index in [2.05, 4.69) is 0 Å². The minimum Gasteiger partial charge on any atom is -0.481 e. The summed E-state index contributed by atoms with van der Waals surface area (Å²) >= 11 is 0. The molecule has 0 radical (unpaired) electrons. The van der Waals surface area contributed by atoms with Crippen LogP contribution in [-0.4, -0.2) is 44.3 Å². The molecule has 8 nitrogen and oxygen atoms in total. The molecule has 4 bridgehead atoms. The number of hydrogen-bond acceptors (Lipinski definition) is 4. The van der Waals surface area contributed by atoms with Crippen molar-refractivity contribution in [3.05, 3.63) is 0 Å². The molecule has 8 atom stereocenters. The van der Waals surface area contributed by atoms with Crippen LogP contribution in [0.4, 0.5) is 0 Å². The fraction of sp³-hybridized carbons (Fsp3) is 0.778. The molecule has 8 heteroatoms. The Kier molecular flexibility index (Phi) is 4.94. The zero-order chi connectivity index (χ0) is 19.2. The van der Waals surface area contributed by atoms with E-state index in [-0.39, 0.29) is 23.7 Å². The summed E-state index contributed by atoms with van der Waals surface area (Å²) < 4.78 is 0. The molecule has 0 unspecified atom stereocenters. The van der Waals surface area contributed by atoms with E-state index in [1.54, 1.807) is 0 Å². The Hall–Kier alpha value is -2.12. The number of carboxylic acids is 4. The maximum Gasteiger partial charge on any atom is 0.307 e. The van der Waals surface area contributed by atoms with Gasteiger partial charge in [0.2, 0.25) is 0 Å². The number of carboxylic acid groups (broad SMARTS) is 4. The molecule has 4 saturated carbocycles. The second-order valence-corrected chi connectivity index (χ2v) is 8.12. The average molecular weight is 368 g/mol. The predicted octanol–water partition coefficient (Wildman–Crippen LogP) is 1.64. The summed E-state index contributed by atoms with van der Waals surface area (Å²) in [5.74, 6) is -5.78. The van der Waals surface area contributed by atoms with Gasteiger partial charge >= 0.3 is 23.9 Å². The van der Waals surface area contributed by atoms with Gasteiger partial charge in [-0.05, 0) is 62.2 Å². The number of carbonyl (C=O) groups is 4. The van der Waals surface area contributed by atoms with Gasteiger partial charge in [0, 0.05) is 0 Å². The van der Waals surface area contributed by atoms with Gasteiger partial charge in [0.25, 0.3) is 0 Å². The molecule has 0 aromatic rings. The van der Waals surface area contributed by atoms with Crippen LogP contribution in [0, 0.1) is 47.3 Å². The van der Waals surface area contributed by atoms with Gasteiger partial charge in [-0.2, -0.15) is 0 Å². The van der Waals surface area contributed by atoms with Gasteiger partial charge in [0.05, 0.1) is 23.7 Å². The van der Waals surface area contributed by atoms with Crippen LogP contribution >= 0.6 is 0 Å². The molecular formula is C18H24O8. The van der Waals surface area contributed by atoms with Gasteiger partial charge in [-0.25, -0.2) is 0 Å². The van der Waals surface area contributed by atoms with Crippen LogP contribution < -0.4 is 0 Å². The fourth-order valence-electron chi connectivity index (χ4n) is 6.00. The van der Waals surface area contributed by atoms with E-state index in [0.717, 1.165) is 38.5 Å². The second kappa shape index (κ2) is 6.89. The van der Waals surface area contributed by atoms with Crippen molar-refractivity contribution in [3.8, 4) is 0 Å². The smallest absolute Gasteiger partial charge is 0.307 e. The molecule has 0 spiro atoms. The lowest BCUT2D eigenvalue weighted by Gasteiger charge is -2.24. The van der Waals surface area contributed by atoms with Crippen molar-refractivity contribution in [1.29, 1.82) is 0 Å². The van der Waals surface area contributed by atoms with E-state index in [1.807, 2.05) is 0 Å². The first-order chi connectivity index (χ1) is 12.2. The maximum absolute atomic E-state index is 10.8. The number of aliphatic carboxylic acids is 4. The minimum atomic E-state index is -0.931. The molecule has 4 rings (SSSR count). The first kappa shape index (κ1) is 18.7. The predicted molar refractivity (Wildman–Crippen MR) is 86.2 cm³/mol. The van der Waals surface area contributed by atoms with E-state index >= 15 is 0 Å². The van der Waals surface area contributed by atoms with Gasteiger partial charge in [0.15, 0.2) is 0 Å². The zero-order valence-corrected chi connectivity index (χ0v) is 14.3. The Balaban J connectivity index is 0.000000151. The molecule has 0 aromatic heterocycles. The highest BCUT2D eigenvalue weighted by atomic mass is 16.4. The third-order valence-electron chi connectivity index (χ3n) is 6.97. The Morgan fingerprint density at radius 2 is 0.654 bits per heavy atom. The molecule has 0 aliphatic heterocycles. The number of rotatable bonds is 4. The molecule has 4 N–H and O–H groups in total. The van der Waals surface area contributed by atoms with Gasteiger partial charge in [-0.15, -0.1) is 0 Å². The van der Waals surface area contributed by atoms with Crippen molar-refractivity contribution in [2.24, 2.45) is 47.3 Å². The van der Waals surface area contributed by atoms with Gasteiger partial charge < -0.3 is 20.4 Å². The van der Waals surface area contributed by atoms with E-state index in [0.29, 0.717) is 0 Å². The molecule has 0 amide bonds. The molecule has 0 heterocycles. The lowest BCUT2D eigenvalue weighted by Crippen LogP contribution is -2.34. The lowest BCUT2D eigenvalue weighted by molar-refractivity contribution is -0.156. The maximum atomic E-state index is 10.8. The second-order valence-electron chi connectivity index (χ2n) is 8.12. The fourth-order valence-corrected chi connectivity index (χ4v) is 6.00. The Bertz CT molecular complexity index is 523. The van der Waals surface area contributed by atoms with Crippen molar-refractivity contribution in [2.45, 2.75) is 38.5 Å². The first-order valence-electron chi connectivity index (χ1n) is 9.13. The molecule has 4 aliphatic rings. The van der Waals surface area contributed by atoms with Crippen molar-refractivity contribution < 1.29 is 39.6 Å². The van der Waals surface area contributed by atoms with Crippen LogP contribution in [0.3, 0.4) is 0 Å². The summed E-state index contributed by atoms with van der Waals surface area (Å²) in [6, 6.07) is 0. The van der Waals surface area contributed by atoms with E-state index in [4.69, 9.17) is 20.4 Å². The molecular weight excluding hydrogens is 344 g/mol. The molecule has 144 valence electrons. The van der Waals surface area contributed by atoms with Crippen LogP contribution in [0.5, 0.6) is 0 Å². The zero-order valence-electron chi connectivity index (χ0n) is 14.3. The molecule has 26 heavy (non-hydrogen) atoms. The monoisotopic (exact) mass is 368 g/mol. The summed E-state index contributed by atoms with van der Waals surface area (Å²) in [6.45, 7) is 0. The van der Waals surface area contributed by atoms with E-state index in [1.165, 1.54) is 0 Å². The van der Waals surface area contributed by atoms with E-state index in [9.17, 15) is 19.2 Å². The highest BCUT2D eigenvalue weighted by Crippen LogP contribution is 2.53. The van der Waals surface area contributed by atoms with Crippen LogP contribution in [-0.2, 0) is 19.2 Å². The van der Waals surface area contributed by atoms with Crippen LogP contribution in [0.25, 0.3) is 0 Å². The lowest BCUT2D eigenvalue weighted by atomic mass is 9.79. The Labute approximate surface area is 150 Å². The summed E-state index contributed by atoms with van der Waals surface area (Å²) in [6.07, 6.45) is 5.18. The highest BCUT2D eigenvalue weighted by Gasteiger charge is 2.55. The topological polar surface area (TPSA) is 149 Å². The van der Waals surface area contributed by atoms with Gasteiger partial charge in [-0.3, -0.25) is 19.2 Å². The molecule has 4 fully saturated rings. The summed E-state index contributed by atoms with van der Waals surface area (Å²) in [7, 11) is 0. The number of fused-ring (bicyclic) bond motifs is 4. The van der Waals surface area contributed by atoms with Gasteiger partial charge in [0.1, 0.15) is 0 Å². The normalized spacial score (nSPS) is 42.2. The first-order valence-corrected chi connectivity index (χ1v) is 9.13. The molecule has 0 aromatic carbocycles. The van der Waals surface area contributed by atoms with Crippen molar-refractivity contribution in [2.75, 3.05) is 0 Å². The van der Waals surface area contributed by atoms with E-state index < -0.39 is 47.5 Å². The third-order valence-corrected chi connectivity index (χ3v) is 6.97. The Morgan fingerprint density at radius 3 is 0.808 bits per heavy atom. The summed E-state index contributed by atoms with van der Waals surface area (Å²) in [5.41, 5.74) is 0. The van der Waals surface area contributed by atoms with Crippen LogP contribution in [0.1, 0.15) is 38.5 Å². The van der Waals surface area contributed by atoms with Crippen molar-refractivity contribution in [3.63, 3.8) is 0 Å². The average Bonchev–Trinajstić information content (AvgIpc) is 3.32. The van der Waals surface area contributed by atoms with Crippen LogP contribution in [0.2, 0.25) is 0 Å². The molecule has 4 aliphatic carbocycles. The van der Waals surface area contributed by atoms with Crippen molar-refractivity contribution >= 4 is 23.9 Å². The minimum absolute atomic E-state index is 0.114. The van der Waals surface area contributed by atoms with Gasteiger partial charge in [-0.1, -0.05) is 0 Å². The summed E-state index contributed by atoms with van der Waals surface area (Å²) in [5, 5.41) is 35.6.